The molecule has 3 rings (SSSR count). The van der Waals surface area contributed by atoms with Crippen molar-refractivity contribution in [2.24, 2.45) is 0 Å². The average molecular weight is 379 g/mol. The van der Waals surface area contributed by atoms with E-state index in [1.54, 1.807) is 18.2 Å². The van der Waals surface area contributed by atoms with Gasteiger partial charge in [0.15, 0.2) is 12.4 Å². The van der Waals surface area contributed by atoms with Crippen LogP contribution in [0.5, 0.6) is 0 Å². The van der Waals surface area contributed by atoms with Crippen LogP contribution < -0.4 is 0 Å². The molecule has 0 N–H and O–H groups in total. The van der Waals surface area contributed by atoms with Crippen molar-refractivity contribution >= 4 is 39.4 Å². The standard InChI is InChI=1S/C22H21NO3S/c1-22(2,3)16-10-8-15(9-11-16)18(24)14-26-21(25)13-12-20-23-17-6-4-5-7-19(17)27-20/h4-13H,14H2,1-3H3/b13-12+. The van der Waals surface area contributed by atoms with E-state index >= 15 is 0 Å². The van der Waals surface area contributed by atoms with Crippen LogP contribution in [0, 0.1) is 0 Å². The average Bonchev–Trinajstić information content (AvgIpc) is 3.07. The number of rotatable bonds is 5. The Balaban J connectivity index is 1.56. The van der Waals surface area contributed by atoms with Crippen LogP contribution in [0.4, 0.5) is 0 Å². The topological polar surface area (TPSA) is 56.3 Å². The molecule has 0 unspecified atom stereocenters. The zero-order valence-electron chi connectivity index (χ0n) is 15.6. The number of hydrogen-bond acceptors (Lipinski definition) is 5. The normalized spacial score (nSPS) is 11.8. The van der Waals surface area contributed by atoms with E-state index in [2.05, 4.69) is 25.8 Å². The fraction of sp³-hybridized carbons (Fsp3) is 0.227. The van der Waals surface area contributed by atoms with E-state index in [0.29, 0.717) is 5.56 Å². The SMILES string of the molecule is CC(C)(C)c1ccc(C(=O)COC(=O)/C=C/c2nc3ccccc3s2)cc1. The molecule has 0 aliphatic rings. The Morgan fingerprint density at radius 2 is 1.78 bits per heavy atom. The second kappa shape index (κ2) is 7.84. The van der Waals surface area contributed by atoms with Gasteiger partial charge in [0, 0.05) is 11.6 Å². The lowest BCUT2D eigenvalue weighted by Gasteiger charge is -2.18. The molecule has 0 spiro atoms. The molecule has 1 heterocycles. The van der Waals surface area contributed by atoms with Gasteiger partial charge in [-0.1, -0.05) is 57.2 Å². The first-order valence-corrected chi connectivity index (χ1v) is 9.49. The number of hydrogen-bond donors (Lipinski definition) is 0. The summed E-state index contributed by atoms with van der Waals surface area (Å²) < 4.78 is 6.11. The van der Waals surface area contributed by atoms with E-state index < -0.39 is 5.97 Å². The highest BCUT2D eigenvalue weighted by Gasteiger charge is 2.15. The van der Waals surface area contributed by atoms with Gasteiger partial charge in [0.2, 0.25) is 0 Å². The van der Waals surface area contributed by atoms with Gasteiger partial charge in [0.1, 0.15) is 5.01 Å². The smallest absolute Gasteiger partial charge is 0.331 e. The van der Waals surface area contributed by atoms with E-state index in [9.17, 15) is 9.59 Å². The molecule has 0 atom stereocenters. The van der Waals surface area contributed by atoms with Gasteiger partial charge in [0.25, 0.3) is 0 Å². The van der Waals surface area contributed by atoms with Crippen molar-refractivity contribution in [1.82, 2.24) is 4.98 Å². The molecule has 27 heavy (non-hydrogen) atoms. The molecule has 138 valence electrons. The lowest BCUT2D eigenvalue weighted by molar-refractivity contribution is -0.136. The van der Waals surface area contributed by atoms with Crippen molar-refractivity contribution in [3.8, 4) is 0 Å². The summed E-state index contributed by atoms with van der Waals surface area (Å²) in [5.74, 6) is -0.786. The molecule has 0 radical (unpaired) electrons. The van der Waals surface area contributed by atoms with E-state index in [1.165, 1.54) is 17.4 Å². The van der Waals surface area contributed by atoms with Gasteiger partial charge < -0.3 is 4.74 Å². The number of fused-ring (bicyclic) bond motifs is 1. The Morgan fingerprint density at radius 3 is 2.44 bits per heavy atom. The molecule has 0 aliphatic heterocycles. The van der Waals surface area contributed by atoms with E-state index in [0.717, 1.165) is 20.8 Å². The van der Waals surface area contributed by atoms with E-state index in [1.807, 2.05) is 36.4 Å². The van der Waals surface area contributed by atoms with Crippen molar-refractivity contribution in [3.05, 3.63) is 70.7 Å². The van der Waals surface area contributed by atoms with Gasteiger partial charge in [-0.25, -0.2) is 9.78 Å². The summed E-state index contributed by atoms with van der Waals surface area (Å²) in [7, 11) is 0. The predicted octanol–water partition coefficient (Wildman–Crippen LogP) is 5.03. The number of para-hydroxylation sites is 1. The van der Waals surface area contributed by atoms with Gasteiger partial charge in [-0.3, -0.25) is 4.79 Å². The number of ether oxygens (including phenoxy) is 1. The number of Topliss-reactive ketones (excluding diaryl/α,β-unsaturated/α-hetero) is 1. The molecular formula is C22H21NO3S. The van der Waals surface area contributed by atoms with Gasteiger partial charge >= 0.3 is 5.97 Å². The Hall–Kier alpha value is -2.79. The minimum atomic E-state index is -0.561. The largest absolute Gasteiger partial charge is 0.454 e. The monoisotopic (exact) mass is 379 g/mol. The van der Waals surface area contributed by atoms with E-state index in [-0.39, 0.29) is 17.8 Å². The van der Waals surface area contributed by atoms with Gasteiger partial charge in [-0.05, 0) is 29.2 Å². The summed E-state index contributed by atoms with van der Waals surface area (Å²) >= 11 is 1.49. The third kappa shape index (κ3) is 4.89. The van der Waals surface area contributed by atoms with Crippen LogP contribution in [0.3, 0.4) is 0 Å². The zero-order valence-corrected chi connectivity index (χ0v) is 16.4. The van der Waals surface area contributed by atoms with Crippen LogP contribution in [0.25, 0.3) is 16.3 Å². The molecule has 0 aliphatic carbocycles. The third-order valence-corrected chi connectivity index (χ3v) is 5.09. The molecule has 3 aromatic rings. The number of carbonyl (C=O) groups is 2. The highest BCUT2D eigenvalue weighted by atomic mass is 32.1. The Kier molecular flexibility index (Phi) is 5.51. The second-order valence-corrected chi connectivity index (χ2v) is 8.27. The summed E-state index contributed by atoms with van der Waals surface area (Å²) in [6.07, 6.45) is 2.91. The Bertz CT molecular complexity index is 961. The fourth-order valence-electron chi connectivity index (χ4n) is 2.52. The summed E-state index contributed by atoms with van der Waals surface area (Å²) in [5, 5.41) is 0.720. The number of carbonyl (C=O) groups excluding carboxylic acids is 2. The van der Waals surface area contributed by atoms with Gasteiger partial charge in [-0.15, -0.1) is 11.3 Å². The first-order chi connectivity index (χ1) is 12.8. The minimum absolute atomic E-state index is 0.0273. The molecule has 0 fully saturated rings. The summed E-state index contributed by atoms with van der Waals surface area (Å²) in [6.45, 7) is 6.06. The number of esters is 1. The summed E-state index contributed by atoms with van der Waals surface area (Å²) in [5.41, 5.74) is 2.60. The van der Waals surface area contributed by atoms with Crippen molar-refractivity contribution < 1.29 is 14.3 Å². The number of ketones is 1. The van der Waals surface area contributed by atoms with Crippen molar-refractivity contribution in [2.75, 3.05) is 6.61 Å². The molecule has 0 saturated carbocycles. The van der Waals surface area contributed by atoms with Gasteiger partial charge in [0.05, 0.1) is 10.2 Å². The molecule has 5 heteroatoms. The first kappa shape index (κ1) is 19.0. The summed E-state index contributed by atoms with van der Waals surface area (Å²) in [4.78, 5) is 28.5. The molecule has 2 aromatic carbocycles. The molecule has 0 saturated heterocycles. The highest BCUT2D eigenvalue weighted by Crippen LogP contribution is 2.23. The van der Waals surface area contributed by atoms with Crippen LogP contribution in [-0.4, -0.2) is 23.3 Å². The number of aromatic nitrogens is 1. The second-order valence-electron chi connectivity index (χ2n) is 7.21. The maximum atomic E-state index is 12.2. The molecule has 0 amide bonds. The maximum absolute atomic E-state index is 12.2. The molecule has 0 bridgehead atoms. The lowest BCUT2D eigenvalue weighted by atomic mass is 9.86. The van der Waals surface area contributed by atoms with Crippen LogP contribution in [0.2, 0.25) is 0 Å². The maximum Gasteiger partial charge on any atom is 0.331 e. The zero-order chi connectivity index (χ0) is 19.4. The van der Waals surface area contributed by atoms with Crippen LogP contribution in [-0.2, 0) is 14.9 Å². The Labute approximate surface area is 162 Å². The van der Waals surface area contributed by atoms with Crippen molar-refractivity contribution in [2.45, 2.75) is 26.2 Å². The van der Waals surface area contributed by atoms with E-state index in [4.69, 9.17) is 4.74 Å². The predicted molar refractivity (Wildman–Crippen MR) is 109 cm³/mol. The quantitative estimate of drug-likeness (QED) is 0.354. The molecular weight excluding hydrogens is 358 g/mol. The highest BCUT2D eigenvalue weighted by molar-refractivity contribution is 7.19. The first-order valence-electron chi connectivity index (χ1n) is 8.67. The Morgan fingerprint density at radius 1 is 1.07 bits per heavy atom. The minimum Gasteiger partial charge on any atom is -0.454 e. The van der Waals surface area contributed by atoms with Crippen LogP contribution >= 0.6 is 11.3 Å². The third-order valence-electron chi connectivity index (χ3n) is 4.09. The molecule has 1 aromatic heterocycles. The van der Waals surface area contributed by atoms with Gasteiger partial charge in [-0.2, -0.15) is 0 Å². The van der Waals surface area contributed by atoms with Crippen molar-refractivity contribution in [3.63, 3.8) is 0 Å². The fourth-order valence-corrected chi connectivity index (χ4v) is 3.40. The lowest BCUT2D eigenvalue weighted by Crippen LogP contribution is -2.14. The van der Waals surface area contributed by atoms with Crippen LogP contribution in [0.1, 0.15) is 41.7 Å². The van der Waals surface area contributed by atoms with Crippen molar-refractivity contribution in [1.29, 1.82) is 0 Å². The number of nitrogens with zero attached hydrogens (tertiary/aromatic N) is 1. The molecule has 4 nitrogen and oxygen atoms in total. The summed E-state index contributed by atoms with van der Waals surface area (Å²) in [6, 6.07) is 15.2. The number of thiazole rings is 1. The van der Waals surface area contributed by atoms with Crippen LogP contribution in [0.15, 0.2) is 54.6 Å². The number of benzene rings is 2.